The van der Waals surface area contributed by atoms with Gasteiger partial charge < -0.3 is 9.64 Å². The predicted molar refractivity (Wildman–Crippen MR) is 81.8 cm³/mol. The lowest BCUT2D eigenvalue weighted by Crippen LogP contribution is -2.28. The minimum Gasteiger partial charge on any atom is -0.496 e. The van der Waals surface area contributed by atoms with E-state index in [1.807, 2.05) is 24.3 Å². The molecule has 1 N–H and O–H groups in total. The van der Waals surface area contributed by atoms with Gasteiger partial charge in [0, 0.05) is 5.56 Å². The molecule has 0 fully saturated rings. The molecule has 0 aromatic heterocycles. The Morgan fingerprint density at radius 1 is 1.30 bits per heavy atom. The molecule has 1 aromatic rings. The third kappa shape index (κ3) is 4.84. The van der Waals surface area contributed by atoms with Gasteiger partial charge in [0.2, 0.25) is 0 Å². The third-order valence-corrected chi connectivity index (χ3v) is 3.47. The highest BCUT2D eigenvalue weighted by atomic mass is 16.5. The molecule has 0 bridgehead atoms. The normalized spacial score (nSPS) is 12.2. The first-order chi connectivity index (χ1) is 9.76. The van der Waals surface area contributed by atoms with Crippen LogP contribution in [0.15, 0.2) is 24.3 Å². The molecule has 0 aliphatic heterocycles. The van der Waals surface area contributed by atoms with E-state index in [-0.39, 0.29) is 6.04 Å². The molecule has 110 valence electrons. The summed E-state index contributed by atoms with van der Waals surface area (Å²) >= 11 is 0. The second-order valence-electron chi connectivity index (χ2n) is 4.64. The van der Waals surface area contributed by atoms with Gasteiger partial charge in [0.1, 0.15) is 11.8 Å². The van der Waals surface area contributed by atoms with Gasteiger partial charge in [-0.2, -0.15) is 5.26 Å². The highest BCUT2D eigenvalue weighted by Gasteiger charge is 2.14. The third-order valence-electron chi connectivity index (χ3n) is 3.47. The van der Waals surface area contributed by atoms with Gasteiger partial charge in [0.25, 0.3) is 0 Å². The Morgan fingerprint density at radius 2 is 2.00 bits per heavy atom. The van der Waals surface area contributed by atoms with Crippen molar-refractivity contribution in [3.05, 3.63) is 29.8 Å². The van der Waals surface area contributed by atoms with E-state index in [9.17, 15) is 5.26 Å². The van der Waals surface area contributed by atoms with E-state index < -0.39 is 0 Å². The molecule has 0 heterocycles. The lowest BCUT2D eigenvalue weighted by atomic mass is 10.1. The molecule has 0 aliphatic rings. The van der Waals surface area contributed by atoms with Crippen molar-refractivity contribution in [2.45, 2.75) is 26.3 Å². The first kappa shape index (κ1) is 16.5. The van der Waals surface area contributed by atoms with E-state index in [0.29, 0.717) is 0 Å². The van der Waals surface area contributed by atoms with Crippen LogP contribution in [-0.2, 0) is 0 Å². The number of methoxy groups -OCH3 is 1. The smallest absolute Gasteiger partial charge is 0.124 e. The number of hydrogen-bond donors (Lipinski definition) is 1. The van der Waals surface area contributed by atoms with Crippen LogP contribution in [-0.4, -0.2) is 38.2 Å². The summed E-state index contributed by atoms with van der Waals surface area (Å²) in [5.41, 5.74) is 0.903. The minimum absolute atomic E-state index is 0.317. The maximum Gasteiger partial charge on any atom is 0.124 e. The highest BCUT2D eigenvalue weighted by Crippen LogP contribution is 2.24. The van der Waals surface area contributed by atoms with Crippen molar-refractivity contribution >= 4 is 0 Å². The van der Waals surface area contributed by atoms with Crippen LogP contribution in [0.25, 0.3) is 0 Å². The van der Waals surface area contributed by atoms with Crippen molar-refractivity contribution in [3.63, 3.8) is 0 Å². The monoisotopic (exact) mass is 275 g/mol. The van der Waals surface area contributed by atoms with Crippen molar-refractivity contribution in [1.29, 1.82) is 5.26 Å². The Kier molecular flexibility index (Phi) is 7.71. The summed E-state index contributed by atoms with van der Waals surface area (Å²) in [6.07, 6.45) is 1.04. The standard InChI is InChI=1S/C16H25N3O/c1-4-19(5-2)12-8-11-18-15(13-17)14-9-6-7-10-16(14)20-3/h6-7,9-10,15,18H,4-5,8,11-12H2,1-3H3. The van der Waals surface area contributed by atoms with Gasteiger partial charge in [-0.3, -0.25) is 5.32 Å². The minimum atomic E-state index is -0.317. The molecule has 1 atom stereocenters. The maximum atomic E-state index is 9.32. The van der Waals surface area contributed by atoms with Crippen LogP contribution in [0.1, 0.15) is 31.9 Å². The fraction of sp³-hybridized carbons (Fsp3) is 0.562. The average molecular weight is 275 g/mol. The Balaban J connectivity index is 2.50. The number of rotatable bonds is 9. The molecule has 0 spiro atoms. The zero-order chi connectivity index (χ0) is 14.8. The van der Waals surface area contributed by atoms with Crippen molar-refractivity contribution in [1.82, 2.24) is 10.2 Å². The lowest BCUT2D eigenvalue weighted by Gasteiger charge is -2.19. The van der Waals surface area contributed by atoms with Gasteiger partial charge in [-0.25, -0.2) is 0 Å². The summed E-state index contributed by atoms with van der Waals surface area (Å²) in [5, 5.41) is 12.6. The molecule has 4 heteroatoms. The predicted octanol–water partition coefficient (Wildman–Crippen LogP) is 2.58. The molecule has 0 radical (unpaired) electrons. The maximum absolute atomic E-state index is 9.32. The Morgan fingerprint density at radius 3 is 2.60 bits per heavy atom. The van der Waals surface area contributed by atoms with Crippen molar-refractivity contribution in [3.8, 4) is 11.8 Å². The SMILES string of the molecule is CCN(CC)CCCNC(C#N)c1ccccc1OC. The van der Waals surface area contributed by atoms with Crippen LogP contribution in [0.4, 0.5) is 0 Å². The van der Waals surface area contributed by atoms with Crippen molar-refractivity contribution < 1.29 is 4.74 Å². The van der Waals surface area contributed by atoms with E-state index >= 15 is 0 Å². The molecule has 0 saturated carbocycles. The average Bonchev–Trinajstić information content (AvgIpc) is 2.51. The van der Waals surface area contributed by atoms with E-state index in [1.165, 1.54) is 0 Å². The van der Waals surface area contributed by atoms with Crippen LogP contribution in [0.3, 0.4) is 0 Å². The summed E-state index contributed by atoms with van der Waals surface area (Å²) < 4.78 is 5.31. The highest BCUT2D eigenvalue weighted by molar-refractivity contribution is 5.38. The van der Waals surface area contributed by atoms with Gasteiger partial charge in [0.05, 0.1) is 13.2 Å². The van der Waals surface area contributed by atoms with Crippen LogP contribution in [0.5, 0.6) is 5.75 Å². The zero-order valence-corrected chi connectivity index (χ0v) is 12.7. The Hall–Kier alpha value is -1.57. The molecule has 1 unspecified atom stereocenters. The molecule has 4 nitrogen and oxygen atoms in total. The van der Waals surface area contributed by atoms with Gasteiger partial charge in [-0.15, -0.1) is 0 Å². The summed E-state index contributed by atoms with van der Waals surface area (Å²) in [4.78, 5) is 2.38. The quantitative estimate of drug-likeness (QED) is 0.704. The molecule has 1 aromatic carbocycles. The molecule has 1 rings (SSSR count). The van der Waals surface area contributed by atoms with Gasteiger partial charge in [-0.1, -0.05) is 32.0 Å². The van der Waals surface area contributed by atoms with Crippen LogP contribution < -0.4 is 10.1 Å². The summed E-state index contributed by atoms with van der Waals surface area (Å²) in [6.45, 7) is 8.37. The Bertz CT molecular complexity index is 424. The second-order valence-corrected chi connectivity index (χ2v) is 4.64. The van der Waals surface area contributed by atoms with Crippen molar-refractivity contribution in [2.24, 2.45) is 0 Å². The number of nitrogens with zero attached hydrogens (tertiary/aromatic N) is 2. The number of nitriles is 1. The van der Waals surface area contributed by atoms with E-state index in [0.717, 1.165) is 43.9 Å². The van der Waals surface area contributed by atoms with Gasteiger partial charge in [-0.05, 0) is 38.7 Å². The second kappa shape index (κ2) is 9.35. The Labute approximate surface area is 122 Å². The number of hydrogen-bond acceptors (Lipinski definition) is 4. The zero-order valence-electron chi connectivity index (χ0n) is 12.7. The fourth-order valence-electron chi connectivity index (χ4n) is 2.22. The number of ether oxygens (including phenoxy) is 1. The lowest BCUT2D eigenvalue weighted by molar-refractivity contribution is 0.297. The number of para-hydroxylation sites is 1. The summed E-state index contributed by atoms with van der Waals surface area (Å²) in [7, 11) is 1.63. The summed E-state index contributed by atoms with van der Waals surface area (Å²) in [5.74, 6) is 0.760. The van der Waals surface area contributed by atoms with Crippen LogP contribution >= 0.6 is 0 Å². The molecular weight excluding hydrogens is 250 g/mol. The van der Waals surface area contributed by atoms with Crippen LogP contribution in [0.2, 0.25) is 0 Å². The largest absolute Gasteiger partial charge is 0.496 e. The fourth-order valence-corrected chi connectivity index (χ4v) is 2.22. The summed E-state index contributed by atoms with van der Waals surface area (Å²) in [6, 6.07) is 9.65. The van der Waals surface area contributed by atoms with E-state index in [1.54, 1.807) is 7.11 Å². The molecule has 0 amide bonds. The van der Waals surface area contributed by atoms with Crippen LogP contribution in [0, 0.1) is 11.3 Å². The molecule has 0 saturated heterocycles. The van der Waals surface area contributed by atoms with E-state index in [2.05, 4.69) is 30.1 Å². The molecule has 0 aliphatic carbocycles. The topological polar surface area (TPSA) is 48.3 Å². The first-order valence-electron chi connectivity index (χ1n) is 7.25. The van der Waals surface area contributed by atoms with Crippen molar-refractivity contribution in [2.75, 3.05) is 33.3 Å². The van der Waals surface area contributed by atoms with Gasteiger partial charge in [0.15, 0.2) is 0 Å². The first-order valence-corrected chi connectivity index (χ1v) is 7.25. The van der Waals surface area contributed by atoms with Gasteiger partial charge >= 0.3 is 0 Å². The van der Waals surface area contributed by atoms with E-state index in [4.69, 9.17) is 4.74 Å². The number of benzene rings is 1. The number of nitrogens with one attached hydrogen (secondary N) is 1. The molecule has 20 heavy (non-hydrogen) atoms. The molecular formula is C16H25N3O.